The molecule has 0 atom stereocenters. The van der Waals surface area contributed by atoms with Gasteiger partial charge in [-0.1, -0.05) is 32.0 Å². The van der Waals surface area contributed by atoms with Crippen molar-refractivity contribution in [2.24, 2.45) is 0 Å². The van der Waals surface area contributed by atoms with E-state index in [0.717, 1.165) is 7.11 Å². The van der Waals surface area contributed by atoms with Crippen LogP contribution in [0.15, 0.2) is 47.5 Å². The number of methoxy groups -OCH3 is 1. The van der Waals surface area contributed by atoms with Gasteiger partial charge < -0.3 is 4.74 Å². The highest BCUT2D eigenvalue weighted by atomic mass is 32.2. The number of ether oxygens (including phenoxy) is 1. The van der Waals surface area contributed by atoms with Crippen molar-refractivity contribution in [2.45, 2.75) is 24.9 Å². The standard InChI is InChI=1S/C13H10F3NO4S.C2H6/c1-21-12(18)11-10(13(14,15)16)7-8-17(11)22(19,20)9-5-3-2-4-6-9;1-2/h2-8H,1H3;1-2H3. The molecule has 0 radical (unpaired) electrons. The van der Waals surface area contributed by atoms with Gasteiger partial charge in [0.2, 0.25) is 0 Å². The Labute approximate surface area is 137 Å². The molecule has 1 aromatic heterocycles. The summed E-state index contributed by atoms with van der Waals surface area (Å²) in [5.74, 6) is -1.39. The Morgan fingerprint density at radius 3 is 2.08 bits per heavy atom. The largest absolute Gasteiger partial charge is 0.464 e. The van der Waals surface area contributed by atoms with Gasteiger partial charge in [-0.2, -0.15) is 13.2 Å². The van der Waals surface area contributed by atoms with E-state index in [1.807, 2.05) is 13.8 Å². The minimum atomic E-state index is -4.89. The van der Waals surface area contributed by atoms with E-state index in [-0.39, 0.29) is 8.87 Å². The first-order valence-electron chi connectivity index (χ1n) is 6.87. The fourth-order valence-electron chi connectivity index (χ4n) is 1.85. The first kappa shape index (κ1) is 19.8. The maximum atomic E-state index is 12.9. The van der Waals surface area contributed by atoms with Gasteiger partial charge in [-0.05, 0) is 18.2 Å². The van der Waals surface area contributed by atoms with E-state index in [4.69, 9.17) is 0 Å². The van der Waals surface area contributed by atoms with Gasteiger partial charge in [-0.3, -0.25) is 0 Å². The van der Waals surface area contributed by atoms with Crippen LogP contribution in [0.4, 0.5) is 13.2 Å². The minimum absolute atomic E-state index is 0.246. The average Bonchev–Trinajstić information content (AvgIpc) is 3.03. The molecule has 0 fully saturated rings. The van der Waals surface area contributed by atoms with Crippen LogP contribution in [0, 0.1) is 0 Å². The topological polar surface area (TPSA) is 65.4 Å². The van der Waals surface area contributed by atoms with Crippen LogP contribution in [-0.4, -0.2) is 25.5 Å². The molecule has 1 heterocycles. The zero-order valence-corrected chi connectivity index (χ0v) is 14.0. The van der Waals surface area contributed by atoms with Crippen molar-refractivity contribution in [3.63, 3.8) is 0 Å². The number of rotatable bonds is 3. The summed E-state index contributed by atoms with van der Waals surface area (Å²) in [4.78, 5) is 11.4. The quantitative estimate of drug-likeness (QED) is 0.782. The molecule has 2 rings (SSSR count). The molecule has 5 nitrogen and oxygen atoms in total. The SMILES string of the molecule is CC.COC(=O)c1c(C(F)(F)F)ccn1S(=O)(=O)c1ccccc1. The molecule has 0 saturated carbocycles. The summed E-state index contributed by atoms with van der Waals surface area (Å²) >= 11 is 0. The molecule has 0 amide bonds. The van der Waals surface area contributed by atoms with E-state index >= 15 is 0 Å². The first-order chi connectivity index (χ1) is 11.2. The van der Waals surface area contributed by atoms with Gasteiger partial charge in [-0.25, -0.2) is 17.2 Å². The molecule has 0 aliphatic rings. The van der Waals surface area contributed by atoms with E-state index < -0.39 is 33.4 Å². The molecule has 2 aromatic rings. The van der Waals surface area contributed by atoms with Crippen LogP contribution in [0.2, 0.25) is 0 Å². The van der Waals surface area contributed by atoms with Crippen molar-refractivity contribution in [3.8, 4) is 0 Å². The van der Waals surface area contributed by atoms with Crippen LogP contribution in [0.25, 0.3) is 0 Å². The van der Waals surface area contributed by atoms with Crippen molar-refractivity contribution in [1.29, 1.82) is 0 Å². The van der Waals surface area contributed by atoms with Gasteiger partial charge in [0, 0.05) is 6.20 Å². The van der Waals surface area contributed by atoms with Crippen molar-refractivity contribution < 1.29 is 31.1 Å². The number of esters is 1. The van der Waals surface area contributed by atoms with Crippen LogP contribution < -0.4 is 0 Å². The number of nitrogens with zero attached hydrogens (tertiary/aromatic N) is 1. The Kier molecular flexibility index (Phi) is 6.19. The summed E-state index contributed by atoms with van der Waals surface area (Å²) in [6.07, 6.45) is -4.21. The lowest BCUT2D eigenvalue weighted by atomic mass is 10.2. The zero-order chi connectivity index (χ0) is 18.5. The lowest BCUT2D eigenvalue weighted by Gasteiger charge is -2.12. The summed E-state index contributed by atoms with van der Waals surface area (Å²) in [5.41, 5.74) is -2.46. The Morgan fingerprint density at radius 1 is 1.08 bits per heavy atom. The highest BCUT2D eigenvalue weighted by molar-refractivity contribution is 7.90. The molecule has 132 valence electrons. The fourth-order valence-corrected chi connectivity index (χ4v) is 3.21. The summed E-state index contributed by atoms with van der Waals surface area (Å²) in [7, 11) is -3.48. The molecular weight excluding hydrogens is 347 g/mol. The second-order valence-corrected chi connectivity index (χ2v) is 6.00. The van der Waals surface area contributed by atoms with Gasteiger partial charge in [0.25, 0.3) is 10.0 Å². The van der Waals surface area contributed by atoms with E-state index in [9.17, 15) is 26.4 Å². The third-order valence-corrected chi connectivity index (χ3v) is 4.53. The number of alkyl halides is 3. The number of aromatic nitrogens is 1. The normalized spacial score (nSPS) is 11.4. The molecule has 24 heavy (non-hydrogen) atoms. The summed E-state index contributed by atoms with van der Waals surface area (Å²) in [6, 6.07) is 7.33. The van der Waals surface area contributed by atoms with Crippen molar-refractivity contribution in [3.05, 3.63) is 53.9 Å². The Hall–Kier alpha value is -2.29. The summed E-state index contributed by atoms with van der Waals surface area (Å²) in [6.45, 7) is 4.00. The maximum Gasteiger partial charge on any atom is 0.418 e. The molecule has 0 aliphatic heterocycles. The lowest BCUT2D eigenvalue weighted by Crippen LogP contribution is -2.22. The first-order valence-corrected chi connectivity index (χ1v) is 8.31. The predicted octanol–water partition coefficient (Wildman–Crippen LogP) is 3.56. The van der Waals surface area contributed by atoms with Crippen molar-refractivity contribution in [1.82, 2.24) is 3.97 Å². The molecule has 0 bridgehead atoms. The molecule has 0 N–H and O–H groups in total. The number of carbonyl (C=O) groups is 1. The molecule has 0 saturated heterocycles. The second kappa shape index (κ2) is 7.52. The number of benzene rings is 1. The van der Waals surface area contributed by atoms with E-state index in [1.54, 1.807) is 6.07 Å². The van der Waals surface area contributed by atoms with E-state index in [0.29, 0.717) is 12.3 Å². The van der Waals surface area contributed by atoms with Crippen LogP contribution in [0.1, 0.15) is 29.9 Å². The Balaban J connectivity index is 0.00000139. The fraction of sp³-hybridized carbons (Fsp3) is 0.267. The molecule has 0 aliphatic carbocycles. The number of halogens is 3. The maximum absolute atomic E-state index is 12.9. The van der Waals surface area contributed by atoms with Crippen molar-refractivity contribution >= 4 is 16.0 Å². The van der Waals surface area contributed by atoms with Gasteiger partial charge in [-0.15, -0.1) is 0 Å². The summed E-state index contributed by atoms with van der Waals surface area (Å²) in [5, 5.41) is 0. The minimum Gasteiger partial charge on any atom is -0.464 e. The van der Waals surface area contributed by atoms with Gasteiger partial charge in [0.05, 0.1) is 17.6 Å². The second-order valence-electron chi connectivity index (χ2n) is 4.18. The van der Waals surface area contributed by atoms with Gasteiger partial charge in [0.15, 0.2) is 5.69 Å². The van der Waals surface area contributed by atoms with Crippen LogP contribution in [-0.2, 0) is 20.9 Å². The van der Waals surface area contributed by atoms with Gasteiger partial charge >= 0.3 is 12.1 Å². The average molecular weight is 363 g/mol. The molecular formula is C15H16F3NO4S. The number of hydrogen-bond acceptors (Lipinski definition) is 4. The summed E-state index contributed by atoms with van der Waals surface area (Å²) < 4.78 is 68.2. The highest BCUT2D eigenvalue weighted by Gasteiger charge is 2.40. The third kappa shape index (κ3) is 3.78. The Bertz CT molecular complexity index is 796. The Morgan fingerprint density at radius 2 is 1.62 bits per heavy atom. The van der Waals surface area contributed by atoms with E-state index in [2.05, 4.69) is 4.74 Å². The van der Waals surface area contributed by atoms with Gasteiger partial charge in [0.1, 0.15) is 0 Å². The predicted molar refractivity (Wildman–Crippen MR) is 81.1 cm³/mol. The smallest absolute Gasteiger partial charge is 0.418 e. The van der Waals surface area contributed by atoms with Crippen molar-refractivity contribution in [2.75, 3.05) is 7.11 Å². The zero-order valence-electron chi connectivity index (χ0n) is 13.2. The molecule has 0 unspecified atom stereocenters. The lowest BCUT2D eigenvalue weighted by molar-refractivity contribution is -0.138. The van der Waals surface area contributed by atoms with Crippen LogP contribution in [0.3, 0.4) is 0 Å². The highest BCUT2D eigenvalue weighted by Crippen LogP contribution is 2.34. The van der Waals surface area contributed by atoms with Crippen LogP contribution >= 0.6 is 0 Å². The number of carbonyl (C=O) groups excluding carboxylic acids is 1. The number of hydrogen-bond donors (Lipinski definition) is 0. The third-order valence-electron chi connectivity index (χ3n) is 2.84. The monoisotopic (exact) mass is 363 g/mol. The van der Waals surface area contributed by atoms with E-state index in [1.165, 1.54) is 24.3 Å². The van der Waals surface area contributed by atoms with Crippen LogP contribution in [0.5, 0.6) is 0 Å². The molecule has 9 heteroatoms. The molecule has 0 spiro atoms. The molecule has 1 aromatic carbocycles.